The van der Waals surface area contributed by atoms with Gasteiger partial charge in [0.2, 0.25) is 0 Å². The van der Waals surface area contributed by atoms with Gasteiger partial charge in [-0.1, -0.05) is 41.9 Å². The molecule has 2 heterocycles. The molecule has 5 nitrogen and oxygen atoms in total. The number of thiophene rings is 1. The third-order valence-electron chi connectivity index (χ3n) is 4.34. The smallest absolute Gasteiger partial charge is 0.349 e. The predicted molar refractivity (Wildman–Crippen MR) is 103 cm³/mol. The van der Waals surface area contributed by atoms with Gasteiger partial charge in [-0.15, -0.1) is 11.3 Å². The maximum absolute atomic E-state index is 12.5. The molecule has 1 amide bonds. The van der Waals surface area contributed by atoms with Gasteiger partial charge in [-0.2, -0.15) is 0 Å². The third-order valence-corrected chi connectivity index (χ3v) is 5.55. The lowest BCUT2D eigenvalue weighted by atomic mass is 10.2. The monoisotopic (exact) mass is 392 g/mol. The summed E-state index contributed by atoms with van der Waals surface area (Å²) >= 11 is 6.97. The Morgan fingerprint density at radius 1 is 1.12 bits per heavy atom. The quantitative estimate of drug-likeness (QED) is 0.732. The lowest BCUT2D eigenvalue weighted by molar-refractivity contribution is -0.141. The van der Waals surface area contributed by atoms with E-state index in [1.807, 2.05) is 18.2 Å². The molecule has 1 unspecified atom stereocenters. The van der Waals surface area contributed by atoms with Gasteiger partial charge in [-0.3, -0.25) is 9.69 Å². The highest BCUT2D eigenvalue weighted by atomic mass is 35.5. The van der Waals surface area contributed by atoms with Gasteiger partial charge in [0.25, 0.3) is 5.91 Å². The second-order valence-corrected chi connectivity index (χ2v) is 7.95. The van der Waals surface area contributed by atoms with Gasteiger partial charge in [0.1, 0.15) is 4.88 Å². The molecule has 1 aromatic carbocycles. The van der Waals surface area contributed by atoms with E-state index in [1.165, 1.54) is 5.56 Å². The first-order valence-electron chi connectivity index (χ1n) is 8.54. The number of hydrogen-bond acceptors (Lipinski definition) is 5. The average molecular weight is 393 g/mol. The largest absolute Gasteiger partial charge is 0.448 e. The van der Waals surface area contributed by atoms with E-state index in [4.69, 9.17) is 16.3 Å². The Morgan fingerprint density at radius 3 is 2.42 bits per heavy atom. The van der Waals surface area contributed by atoms with Crippen LogP contribution in [0.15, 0.2) is 42.5 Å². The number of amides is 1. The molecule has 3 rings (SSSR count). The van der Waals surface area contributed by atoms with Gasteiger partial charge in [0.15, 0.2) is 6.10 Å². The van der Waals surface area contributed by atoms with Crippen LogP contribution in [0.1, 0.15) is 22.2 Å². The average Bonchev–Trinajstić information content (AvgIpc) is 3.09. The van der Waals surface area contributed by atoms with Crippen LogP contribution in [0.5, 0.6) is 0 Å². The van der Waals surface area contributed by atoms with Crippen molar-refractivity contribution in [3.8, 4) is 0 Å². The minimum Gasteiger partial charge on any atom is -0.448 e. The van der Waals surface area contributed by atoms with Crippen molar-refractivity contribution in [1.82, 2.24) is 9.80 Å². The Balaban J connectivity index is 1.47. The molecule has 1 atom stereocenters. The van der Waals surface area contributed by atoms with Gasteiger partial charge in [0.05, 0.1) is 4.34 Å². The van der Waals surface area contributed by atoms with E-state index in [9.17, 15) is 9.59 Å². The molecule has 1 aliphatic rings. The molecule has 1 aromatic heterocycles. The molecule has 0 aliphatic carbocycles. The van der Waals surface area contributed by atoms with Crippen molar-refractivity contribution in [2.45, 2.75) is 19.6 Å². The van der Waals surface area contributed by atoms with Crippen LogP contribution in [0.4, 0.5) is 0 Å². The summed E-state index contributed by atoms with van der Waals surface area (Å²) in [5, 5.41) is 0. The first kappa shape index (κ1) is 18.9. The number of benzene rings is 1. The van der Waals surface area contributed by atoms with E-state index < -0.39 is 12.1 Å². The molecular weight excluding hydrogens is 372 g/mol. The fourth-order valence-corrected chi connectivity index (χ4v) is 3.84. The van der Waals surface area contributed by atoms with Crippen molar-refractivity contribution in [1.29, 1.82) is 0 Å². The zero-order valence-corrected chi connectivity index (χ0v) is 16.1. The van der Waals surface area contributed by atoms with E-state index in [0.717, 1.165) is 31.0 Å². The minimum atomic E-state index is -0.802. The number of rotatable bonds is 5. The molecule has 0 bridgehead atoms. The van der Waals surface area contributed by atoms with Gasteiger partial charge >= 0.3 is 5.97 Å². The zero-order chi connectivity index (χ0) is 18.5. The first-order valence-corrected chi connectivity index (χ1v) is 9.74. The SMILES string of the molecule is CC(OC(=O)c1ccc(Cl)s1)C(=O)N1CCN(Cc2ccccc2)CC1. The summed E-state index contributed by atoms with van der Waals surface area (Å²) in [4.78, 5) is 29.1. The number of hydrogen-bond donors (Lipinski definition) is 0. The van der Waals surface area contributed by atoms with Crippen molar-refractivity contribution >= 4 is 34.8 Å². The van der Waals surface area contributed by atoms with Crippen molar-refractivity contribution in [2.24, 2.45) is 0 Å². The molecule has 138 valence electrons. The molecule has 26 heavy (non-hydrogen) atoms. The molecular formula is C19H21ClN2O3S. The van der Waals surface area contributed by atoms with Crippen molar-refractivity contribution < 1.29 is 14.3 Å². The van der Waals surface area contributed by atoms with Crippen LogP contribution < -0.4 is 0 Å². The number of carbonyl (C=O) groups is 2. The number of nitrogens with zero attached hydrogens (tertiary/aromatic N) is 2. The summed E-state index contributed by atoms with van der Waals surface area (Å²) in [7, 11) is 0. The van der Waals surface area contributed by atoms with Crippen LogP contribution >= 0.6 is 22.9 Å². The number of piperazine rings is 1. The van der Waals surface area contributed by atoms with E-state index in [2.05, 4.69) is 17.0 Å². The summed E-state index contributed by atoms with van der Waals surface area (Å²) < 4.78 is 5.81. The molecule has 1 saturated heterocycles. The first-order chi connectivity index (χ1) is 12.5. The van der Waals surface area contributed by atoms with Crippen molar-refractivity contribution in [3.05, 3.63) is 57.2 Å². The molecule has 0 spiro atoms. The Bertz CT molecular complexity index is 757. The number of halogens is 1. The molecule has 0 saturated carbocycles. The van der Waals surface area contributed by atoms with Crippen LogP contribution in [-0.2, 0) is 16.1 Å². The highest BCUT2D eigenvalue weighted by Gasteiger charge is 2.27. The summed E-state index contributed by atoms with van der Waals surface area (Å²) in [6, 6.07) is 13.5. The van der Waals surface area contributed by atoms with Gasteiger partial charge < -0.3 is 9.64 Å². The van der Waals surface area contributed by atoms with Gasteiger partial charge in [-0.05, 0) is 24.6 Å². The van der Waals surface area contributed by atoms with Crippen LogP contribution in [0, 0.1) is 0 Å². The van der Waals surface area contributed by atoms with Crippen LogP contribution in [0.25, 0.3) is 0 Å². The zero-order valence-electron chi connectivity index (χ0n) is 14.6. The van der Waals surface area contributed by atoms with E-state index in [-0.39, 0.29) is 5.91 Å². The molecule has 1 aliphatic heterocycles. The fraction of sp³-hybridized carbons (Fsp3) is 0.368. The highest BCUT2D eigenvalue weighted by molar-refractivity contribution is 7.17. The minimum absolute atomic E-state index is 0.152. The standard InChI is InChI=1S/C19H21ClN2O3S/c1-14(25-19(24)16-7-8-17(20)26-16)18(23)22-11-9-21(10-12-22)13-15-5-3-2-4-6-15/h2-8,14H,9-13H2,1H3. The Hall–Kier alpha value is -1.89. The van der Waals surface area contributed by atoms with Crippen LogP contribution in [0.3, 0.4) is 0 Å². The summed E-state index contributed by atoms with van der Waals surface area (Å²) in [5.74, 6) is -0.661. The summed E-state index contributed by atoms with van der Waals surface area (Å²) in [6.45, 7) is 5.39. The Labute approximate surface area is 162 Å². The number of carbonyl (C=O) groups excluding carboxylic acids is 2. The summed E-state index contributed by atoms with van der Waals surface area (Å²) in [6.07, 6.45) is -0.802. The van der Waals surface area contributed by atoms with E-state index in [1.54, 1.807) is 24.0 Å². The maximum Gasteiger partial charge on any atom is 0.349 e. The maximum atomic E-state index is 12.5. The van der Waals surface area contributed by atoms with E-state index >= 15 is 0 Å². The topological polar surface area (TPSA) is 49.9 Å². The third kappa shape index (κ3) is 4.84. The lowest BCUT2D eigenvalue weighted by Gasteiger charge is -2.35. The highest BCUT2D eigenvalue weighted by Crippen LogP contribution is 2.22. The fourth-order valence-electron chi connectivity index (χ4n) is 2.92. The Kier molecular flexibility index (Phi) is 6.29. The predicted octanol–water partition coefficient (Wildman–Crippen LogP) is 3.29. The van der Waals surface area contributed by atoms with Gasteiger partial charge in [-0.25, -0.2) is 4.79 Å². The lowest BCUT2D eigenvalue weighted by Crippen LogP contribution is -2.51. The van der Waals surface area contributed by atoms with E-state index in [0.29, 0.717) is 22.3 Å². The second-order valence-electron chi connectivity index (χ2n) is 6.24. The number of esters is 1. The number of ether oxygens (including phenoxy) is 1. The van der Waals surface area contributed by atoms with Gasteiger partial charge in [0, 0.05) is 32.7 Å². The molecule has 1 fully saturated rings. The van der Waals surface area contributed by atoms with Crippen molar-refractivity contribution in [3.63, 3.8) is 0 Å². The molecule has 7 heteroatoms. The molecule has 0 radical (unpaired) electrons. The summed E-state index contributed by atoms with van der Waals surface area (Å²) in [5.41, 5.74) is 1.27. The van der Waals surface area contributed by atoms with Crippen LogP contribution in [-0.4, -0.2) is 54.0 Å². The molecule has 2 aromatic rings. The molecule has 0 N–H and O–H groups in total. The Morgan fingerprint density at radius 2 is 1.81 bits per heavy atom. The second kappa shape index (κ2) is 8.66. The normalized spacial score (nSPS) is 16.3. The van der Waals surface area contributed by atoms with Crippen LogP contribution in [0.2, 0.25) is 4.34 Å². The van der Waals surface area contributed by atoms with Crippen molar-refractivity contribution in [2.75, 3.05) is 26.2 Å².